The van der Waals surface area contributed by atoms with Gasteiger partial charge in [-0.3, -0.25) is 20.5 Å². The summed E-state index contributed by atoms with van der Waals surface area (Å²) in [5.74, 6) is 0. The smallest absolute Gasteiger partial charge is 0.152 e. The van der Waals surface area contributed by atoms with Crippen LogP contribution in [0, 0.1) is 10.8 Å². The summed E-state index contributed by atoms with van der Waals surface area (Å²) >= 11 is 0. The highest BCUT2D eigenvalue weighted by molar-refractivity contribution is 6.55. The average molecular weight is 385 g/mol. The van der Waals surface area contributed by atoms with Gasteiger partial charge in [0.05, 0.1) is 24.6 Å². The van der Waals surface area contributed by atoms with Crippen LogP contribution in [0.2, 0.25) is 0 Å². The van der Waals surface area contributed by atoms with Crippen LogP contribution >= 0.6 is 0 Å². The lowest BCUT2D eigenvalue weighted by atomic mass is 9.91. The topological polar surface area (TPSA) is 77.2 Å². The van der Waals surface area contributed by atoms with Gasteiger partial charge in [-0.05, 0) is 46.0 Å². The first-order chi connectivity index (χ1) is 14.1. The quantitative estimate of drug-likeness (QED) is 0.608. The Kier molecular flexibility index (Phi) is 5.60. The van der Waals surface area contributed by atoms with Crippen LogP contribution in [0.15, 0.2) is 66.3 Å². The molecule has 0 amide bonds. The Morgan fingerprint density at radius 3 is 2.38 bits per heavy atom. The zero-order valence-electron chi connectivity index (χ0n) is 16.2. The van der Waals surface area contributed by atoms with Gasteiger partial charge in [0.1, 0.15) is 0 Å². The number of aldehydes is 1. The summed E-state index contributed by atoms with van der Waals surface area (Å²) in [4.78, 5) is 13.6. The van der Waals surface area contributed by atoms with E-state index in [-0.39, 0.29) is 17.0 Å². The second-order valence-electron chi connectivity index (χ2n) is 7.27. The van der Waals surface area contributed by atoms with Crippen molar-refractivity contribution in [3.8, 4) is 11.1 Å². The summed E-state index contributed by atoms with van der Waals surface area (Å²) in [5.41, 5.74) is 5.55. The third-order valence-electron chi connectivity index (χ3n) is 5.28. The summed E-state index contributed by atoms with van der Waals surface area (Å²) in [6, 6.07) is 16.7. The molecule has 1 heterocycles. The van der Waals surface area contributed by atoms with Gasteiger partial charge >= 0.3 is 0 Å². The molecular formula is C24H23N3O2. The highest BCUT2D eigenvalue weighted by Crippen LogP contribution is 2.26. The van der Waals surface area contributed by atoms with Gasteiger partial charge in [0.25, 0.3) is 0 Å². The minimum atomic E-state index is -0.0301. The maximum Gasteiger partial charge on any atom is 0.152 e. The van der Waals surface area contributed by atoms with Gasteiger partial charge in [-0.15, -0.1) is 0 Å². The molecular weight excluding hydrogens is 362 g/mol. The lowest BCUT2D eigenvalue weighted by Crippen LogP contribution is -2.35. The Morgan fingerprint density at radius 2 is 1.66 bits per heavy atom. The number of nitrogens with zero attached hydrogens (tertiary/aromatic N) is 1. The number of morpholine rings is 1. The van der Waals surface area contributed by atoms with Crippen molar-refractivity contribution in [3.05, 3.63) is 77.4 Å². The zero-order valence-corrected chi connectivity index (χ0v) is 16.2. The molecule has 2 aromatic rings. The second-order valence-corrected chi connectivity index (χ2v) is 7.27. The van der Waals surface area contributed by atoms with E-state index in [1.54, 1.807) is 12.2 Å². The maximum absolute atomic E-state index is 11.2. The van der Waals surface area contributed by atoms with Gasteiger partial charge in [-0.1, -0.05) is 42.5 Å². The standard InChI is InChI=1S/C24H23N3O2/c25-23-14-21(13-22(16-28)24(23)26)19-6-4-18(5-7-19)20-3-1-2-17(12-20)15-27-8-10-29-11-9-27/h1-7,12-14,16,25-26H,8-11,15H2. The minimum absolute atomic E-state index is 0.0301. The molecule has 1 aliphatic carbocycles. The van der Waals surface area contributed by atoms with Crippen molar-refractivity contribution >= 4 is 23.3 Å². The van der Waals surface area contributed by atoms with Crippen molar-refractivity contribution in [1.29, 1.82) is 10.8 Å². The highest BCUT2D eigenvalue weighted by atomic mass is 16.5. The fraction of sp³-hybridized carbons (Fsp3) is 0.208. The number of nitrogens with one attached hydrogen (secondary N) is 2. The molecule has 1 fully saturated rings. The van der Waals surface area contributed by atoms with Gasteiger partial charge < -0.3 is 4.74 Å². The number of hydrogen-bond acceptors (Lipinski definition) is 5. The average Bonchev–Trinajstić information content (AvgIpc) is 2.76. The molecule has 4 rings (SSSR count). The molecule has 1 aliphatic heterocycles. The zero-order chi connectivity index (χ0) is 20.2. The van der Waals surface area contributed by atoms with E-state index < -0.39 is 0 Å². The molecule has 2 N–H and O–H groups in total. The van der Waals surface area contributed by atoms with Gasteiger partial charge in [0.15, 0.2) is 6.29 Å². The molecule has 5 nitrogen and oxygen atoms in total. The molecule has 5 heteroatoms. The third kappa shape index (κ3) is 4.31. The Labute approximate surface area is 170 Å². The second kappa shape index (κ2) is 8.47. The molecule has 0 saturated carbocycles. The van der Waals surface area contributed by atoms with Crippen molar-refractivity contribution in [1.82, 2.24) is 4.90 Å². The fourth-order valence-corrected chi connectivity index (χ4v) is 3.65. The van der Waals surface area contributed by atoms with Crippen molar-refractivity contribution in [3.63, 3.8) is 0 Å². The first-order valence-corrected chi connectivity index (χ1v) is 9.70. The van der Waals surface area contributed by atoms with Crippen molar-refractivity contribution in [2.24, 2.45) is 0 Å². The van der Waals surface area contributed by atoms with E-state index in [9.17, 15) is 4.79 Å². The van der Waals surface area contributed by atoms with Crippen LogP contribution < -0.4 is 0 Å². The molecule has 146 valence electrons. The lowest BCUT2D eigenvalue weighted by molar-refractivity contribution is -0.104. The van der Waals surface area contributed by atoms with E-state index in [0.717, 1.165) is 49.5 Å². The molecule has 0 aromatic heterocycles. The molecule has 0 radical (unpaired) electrons. The molecule has 0 unspecified atom stereocenters. The van der Waals surface area contributed by atoms with Gasteiger partial charge in [-0.25, -0.2) is 0 Å². The van der Waals surface area contributed by atoms with Crippen molar-refractivity contribution in [2.45, 2.75) is 6.54 Å². The number of hydrogen-bond donors (Lipinski definition) is 2. The number of benzene rings is 2. The first-order valence-electron chi connectivity index (χ1n) is 9.70. The maximum atomic E-state index is 11.2. The number of carbonyl (C=O) groups is 1. The minimum Gasteiger partial charge on any atom is -0.379 e. The molecule has 0 atom stereocenters. The van der Waals surface area contributed by atoms with Gasteiger partial charge in [0.2, 0.25) is 0 Å². The monoisotopic (exact) mass is 385 g/mol. The molecule has 0 bridgehead atoms. The van der Waals surface area contributed by atoms with Gasteiger partial charge in [-0.2, -0.15) is 0 Å². The molecule has 29 heavy (non-hydrogen) atoms. The summed E-state index contributed by atoms with van der Waals surface area (Å²) in [6.45, 7) is 4.46. The predicted molar refractivity (Wildman–Crippen MR) is 116 cm³/mol. The van der Waals surface area contributed by atoms with E-state index in [1.807, 2.05) is 12.1 Å². The van der Waals surface area contributed by atoms with E-state index in [4.69, 9.17) is 15.6 Å². The molecule has 2 aromatic carbocycles. The van der Waals surface area contributed by atoms with E-state index in [0.29, 0.717) is 6.29 Å². The Bertz CT molecular complexity index is 1010. The molecule has 1 saturated heterocycles. The van der Waals surface area contributed by atoms with Crippen LogP contribution in [-0.2, 0) is 16.1 Å². The van der Waals surface area contributed by atoms with Crippen LogP contribution in [-0.4, -0.2) is 48.9 Å². The lowest BCUT2D eigenvalue weighted by Gasteiger charge is -2.26. The Balaban J connectivity index is 1.54. The van der Waals surface area contributed by atoms with E-state index in [1.165, 1.54) is 11.1 Å². The number of ether oxygens (including phenoxy) is 1. The van der Waals surface area contributed by atoms with Crippen LogP contribution in [0.25, 0.3) is 16.7 Å². The van der Waals surface area contributed by atoms with Crippen LogP contribution in [0.5, 0.6) is 0 Å². The fourth-order valence-electron chi connectivity index (χ4n) is 3.65. The Morgan fingerprint density at radius 1 is 0.931 bits per heavy atom. The van der Waals surface area contributed by atoms with E-state index >= 15 is 0 Å². The predicted octanol–water partition coefficient (Wildman–Crippen LogP) is 3.75. The van der Waals surface area contributed by atoms with Crippen LogP contribution in [0.1, 0.15) is 11.1 Å². The van der Waals surface area contributed by atoms with Gasteiger partial charge in [0, 0.05) is 25.2 Å². The number of rotatable bonds is 5. The summed E-state index contributed by atoms with van der Waals surface area (Å²) in [7, 11) is 0. The summed E-state index contributed by atoms with van der Waals surface area (Å²) in [6.07, 6.45) is 3.94. The molecule has 2 aliphatic rings. The van der Waals surface area contributed by atoms with E-state index in [2.05, 4.69) is 41.3 Å². The number of carbonyl (C=O) groups excluding carboxylic acids is 1. The van der Waals surface area contributed by atoms with Crippen LogP contribution in [0.3, 0.4) is 0 Å². The number of allylic oxidation sites excluding steroid dienone is 4. The highest BCUT2D eigenvalue weighted by Gasteiger charge is 2.16. The van der Waals surface area contributed by atoms with Crippen LogP contribution in [0.4, 0.5) is 0 Å². The normalized spacial score (nSPS) is 17.7. The SMILES string of the molecule is N=C1C=C(c2ccc(-c3cccc(CN4CCOCC4)c3)cc2)C=C(C=O)C1=N. The third-order valence-corrected chi connectivity index (χ3v) is 5.28. The van der Waals surface area contributed by atoms with Crippen molar-refractivity contribution in [2.75, 3.05) is 26.3 Å². The summed E-state index contributed by atoms with van der Waals surface area (Å²) in [5, 5.41) is 15.7. The summed E-state index contributed by atoms with van der Waals surface area (Å²) < 4.78 is 5.42. The van der Waals surface area contributed by atoms with Crippen molar-refractivity contribution < 1.29 is 9.53 Å². The Hall–Kier alpha value is -3.15. The molecule has 0 spiro atoms. The largest absolute Gasteiger partial charge is 0.379 e. The first kappa shape index (κ1) is 19.2.